The Kier molecular flexibility index (Phi) is 5.92. The summed E-state index contributed by atoms with van der Waals surface area (Å²) < 4.78 is 33.2. The summed E-state index contributed by atoms with van der Waals surface area (Å²) in [5.41, 5.74) is 0.175. The van der Waals surface area contributed by atoms with E-state index in [1.165, 1.54) is 24.6 Å². The lowest BCUT2D eigenvalue weighted by Crippen LogP contribution is -2.36. The van der Waals surface area contributed by atoms with E-state index in [9.17, 15) is 8.78 Å². The van der Waals surface area contributed by atoms with Crippen molar-refractivity contribution in [3.05, 3.63) is 35.4 Å². The zero-order chi connectivity index (χ0) is 14.4. The van der Waals surface area contributed by atoms with Crippen LogP contribution < -0.4 is 5.32 Å². The van der Waals surface area contributed by atoms with Crippen LogP contribution in [-0.2, 0) is 11.2 Å². The lowest BCUT2D eigenvalue weighted by molar-refractivity contribution is 0.00525. The Bertz CT molecular complexity index is 399. The maximum Gasteiger partial charge on any atom is 0.129 e. The summed E-state index contributed by atoms with van der Waals surface area (Å²) in [6.07, 6.45) is 4.72. The van der Waals surface area contributed by atoms with Gasteiger partial charge in [0.2, 0.25) is 0 Å². The van der Waals surface area contributed by atoms with Gasteiger partial charge in [0, 0.05) is 18.2 Å². The van der Waals surface area contributed by atoms with Crippen molar-refractivity contribution in [2.75, 3.05) is 13.2 Å². The van der Waals surface area contributed by atoms with E-state index in [-0.39, 0.29) is 17.7 Å². The Hall–Kier alpha value is -1.00. The van der Waals surface area contributed by atoms with Gasteiger partial charge in [0.05, 0.1) is 6.10 Å². The lowest BCUT2D eigenvalue weighted by Gasteiger charge is -2.27. The summed E-state index contributed by atoms with van der Waals surface area (Å²) in [6, 6.07) is 4.09. The van der Waals surface area contributed by atoms with Gasteiger partial charge in [-0.25, -0.2) is 8.78 Å². The molecule has 1 saturated heterocycles. The van der Waals surface area contributed by atoms with Crippen LogP contribution in [0.25, 0.3) is 0 Å². The molecule has 1 aliphatic heterocycles. The highest BCUT2D eigenvalue weighted by atomic mass is 19.1. The van der Waals surface area contributed by atoms with Crippen LogP contribution in [0.5, 0.6) is 0 Å². The molecule has 1 aliphatic rings. The Balaban J connectivity index is 2.00. The van der Waals surface area contributed by atoms with Gasteiger partial charge in [-0.2, -0.15) is 0 Å². The Morgan fingerprint density at radius 1 is 1.30 bits per heavy atom. The van der Waals surface area contributed by atoms with Gasteiger partial charge in [0.1, 0.15) is 11.6 Å². The minimum Gasteiger partial charge on any atom is -0.378 e. The molecule has 0 radical (unpaired) electrons. The minimum absolute atomic E-state index is 0.0505. The fraction of sp³-hybridized carbons (Fsp3) is 0.625. The van der Waals surface area contributed by atoms with Crippen LogP contribution in [0, 0.1) is 11.6 Å². The van der Waals surface area contributed by atoms with E-state index in [0.29, 0.717) is 6.42 Å². The summed E-state index contributed by atoms with van der Waals surface area (Å²) in [7, 11) is 0. The quantitative estimate of drug-likeness (QED) is 0.863. The second-order valence-electron chi connectivity index (χ2n) is 5.38. The molecule has 112 valence electrons. The summed E-state index contributed by atoms with van der Waals surface area (Å²) in [6.45, 7) is 3.59. The summed E-state index contributed by atoms with van der Waals surface area (Å²) in [5.74, 6) is -0.921. The number of likely N-dealkylation sites (N-methyl/N-ethyl adjacent to an activating group) is 1. The van der Waals surface area contributed by atoms with E-state index in [1.807, 2.05) is 6.92 Å². The summed E-state index contributed by atoms with van der Waals surface area (Å²) in [4.78, 5) is 0. The number of hydrogen-bond acceptors (Lipinski definition) is 2. The Morgan fingerprint density at radius 2 is 2.05 bits per heavy atom. The maximum absolute atomic E-state index is 13.7. The second kappa shape index (κ2) is 7.70. The number of nitrogens with one attached hydrogen (secondary N) is 1. The highest BCUT2D eigenvalue weighted by molar-refractivity contribution is 5.20. The molecule has 4 heteroatoms. The topological polar surface area (TPSA) is 21.3 Å². The maximum atomic E-state index is 13.7. The lowest BCUT2D eigenvalue weighted by atomic mass is 9.96. The van der Waals surface area contributed by atoms with E-state index < -0.39 is 11.6 Å². The number of ether oxygens (including phenoxy) is 1. The van der Waals surface area contributed by atoms with Crippen LogP contribution in [0.2, 0.25) is 0 Å². The number of hydrogen-bond donors (Lipinski definition) is 1. The zero-order valence-corrected chi connectivity index (χ0v) is 12.0. The highest BCUT2D eigenvalue weighted by Crippen LogP contribution is 2.21. The van der Waals surface area contributed by atoms with Gasteiger partial charge >= 0.3 is 0 Å². The van der Waals surface area contributed by atoms with Gasteiger partial charge in [0.15, 0.2) is 0 Å². The molecule has 2 atom stereocenters. The second-order valence-corrected chi connectivity index (χ2v) is 5.38. The normalized spacial score (nSPS) is 20.9. The first-order chi connectivity index (χ1) is 9.70. The molecule has 1 heterocycles. The Morgan fingerprint density at radius 3 is 2.65 bits per heavy atom. The fourth-order valence-corrected chi connectivity index (χ4v) is 2.81. The molecule has 0 aromatic heterocycles. The van der Waals surface area contributed by atoms with Crippen LogP contribution in [0.15, 0.2) is 18.2 Å². The summed E-state index contributed by atoms with van der Waals surface area (Å²) >= 11 is 0. The van der Waals surface area contributed by atoms with Gasteiger partial charge in [-0.15, -0.1) is 0 Å². The smallest absolute Gasteiger partial charge is 0.129 e. The molecule has 1 fully saturated rings. The van der Waals surface area contributed by atoms with E-state index in [4.69, 9.17) is 4.74 Å². The first-order valence-corrected chi connectivity index (χ1v) is 7.48. The molecule has 1 aromatic rings. The molecule has 1 aromatic carbocycles. The molecular formula is C16H23F2NO. The van der Waals surface area contributed by atoms with Crippen LogP contribution in [0.3, 0.4) is 0 Å². The molecule has 20 heavy (non-hydrogen) atoms. The molecule has 0 saturated carbocycles. The average molecular weight is 283 g/mol. The minimum atomic E-state index is -0.461. The van der Waals surface area contributed by atoms with Crippen molar-refractivity contribution in [2.45, 2.75) is 51.2 Å². The third-order valence-electron chi connectivity index (χ3n) is 3.83. The Labute approximate surface area is 119 Å². The van der Waals surface area contributed by atoms with Crippen LogP contribution in [0.4, 0.5) is 8.78 Å². The highest BCUT2D eigenvalue weighted by Gasteiger charge is 2.21. The van der Waals surface area contributed by atoms with Crippen molar-refractivity contribution in [3.63, 3.8) is 0 Å². The molecule has 2 rings (SSSR count). The monoisotopic (exact) mass is 283 g/mol. The van der Waals surface area contributed by atoms with Crippen molar-refractivity contribution in [3.8, 4) is 0 Å². The van der Waals surface area contributed by atoms with E-state index >= 15 is 0 Å². The van der Waals surface area contributed by atoms with Crippen molar-refractivity contribution >= 4 is 0 Å². The SMILES string of the molecule is CCNC(Cc1c(F)cccc1F)CC1CCCCO1. The van der Waals surface area contributed by atoms with Gasteiger partial charge in [-0.3, -0.25) is 0 Å². The van der Waals surface area contributed by atoms with Crippen molar-refractivity contribution in [2.24, 2.45) is 0 Å². The number of halogens is 2. The predicted molar refractivity (Wildman–Crippen MR) is 75.7 cm³/mol. The van der Waals surface area contributed by atoms with Crippen molar-refractivity contribution < 1.29 is 13.5 Å². The molecule has 1 N–H and O–H groups in total. The molecular weight excluding hydrogens is 260 g/mol. The molecule has 2 unspecified atom stereocenters. The average Bonchev–Trinajstić information content (AvgIpc) is 2.44. The largest absolute Gasteiger partial charge is 0.378 e. The van der Waals surface area contributed by atoms with Gasteiger partial charge in [-0.05, 0) is 50.8 Å². The molecule has 0 bridgehead atoms. The molecule has 0 amide bonds. The van der Waals surface area contributed by atoms with E-state index in [2.05, 4.69) is 5.32 Å². The van der Waals surface area contributed by atoms with Crippen LogP contribution in [-0.4, -0.2) is 25.3 Å². The van der Waals surface area contributed by atoms with Crippen molar-refractivity contribution in [1.29, 1.82) is 0 Å². The number of benzene rings is 1. The van der Waals surface area contributed by atoms with Crippen molar-refractivity contribution in [1.82, 2.24) is 5.32 Å². The van der Waals surface area contributed by atoms with Gasteiger partial charge in [-0.1, -0.05) is 13.0 Å². The first kappa shape index (κ1) is 15.4. The number of rotatable bonds is 6. The first-order valence-electron chi connectivity index (χ1n) is 7.48. The van der Waals surface area contributed by atoms with Gasteiger partial charge in [0.25, 0.3) is 0 Å². The van der Waals surface area contributed by atoms with Crippen LogP contribution >= 0.6 is 0 Å². The zero-order valence-electron chi connectivity index (χ0n) is 12.0. The molecule has 0 aliphatic carbocycles. The van der Waals surface area contributed by atoms with E-state index in [1.54, 1.807) is 0 Å². The third kappa shape index (κ3) is 4.25. The standard InChI is InChI=1S/C16H23F2NO/c1-2-19-12(10-13-6-3-4-9-20-13)11-14-15(17)7-5-8-16(14)18/h5,7-8,12-13,19H,2-4,6,9-11H2,1H3. The van der Waals surface area contributed by atoms with E-state index in [0.717, 1.165) is 32.4 Å². The van der Waals surface area contributed by atoms with Gasteiger partial charge < -0.3 is 10.1 Å². The van der Waals surface area contributed by atoms with Crippen LogP contribution in [0.1, 0.15) is 38.2 Å². The molecule has 2 nitrogen and oxygen atoms in total. The molecule has 0 spiro atoms. The summed E-state index contributed by atoms with van der Waals surface area (Å²) in [5, 5.41) is 3.32. The fourth-order valence-electron chi connectivity index (χ4n) is 2.81. The third-order valence-corrected chi connectivity index (χ3v) is 3.83. The predicted octanol–water partition coefficient (Wildman–Crippen LogP) is 3.44.